The van der Waals surface area contributed by atoms with Crippen molar-refractivity contribution in [2.75, 3.05) is 26.1 Å². The number of nitrogens with one attached hydrogen (secondary N) is 1. The molecule has 5 nitrogen and oxygen atoms in total. The number of ether oxygens (including phenoxy) is 2. The van der Waals surface area contributed by atoms with Crippen LogP contribution in [0.15, 0.2) is 18.3 Å². The number of esters is 1. The first-order valence-electron chi connectivity index (χ1n) is 4.57. The van der Waals surface area contributed by atoms with Gasteiger partial charge in [0.15, 0.2) is 0 Å². The Bertz CT molecular complexity index is 311. The molecule has 1 heterocycles. The summed E-state index contributed by atoms with van der Waals surface area (Å²) in [4.78, 5) is 14.8. The van der Waals surface area contributed by atoms with Crippen molar-refractivity contribution in [3.8, 4) is 5.88 Å². The molecule has 82 valence electrons. The Kier molecular flexibility index (Phi) is 4.40. The van der Waals surface area contributed by atoms with Crippen molar-refractivity contribution in [1.29, 1.82) is 0 Å². The van der Waals surface area contributed by atoms with Crippen molar-refractivity contribution in [1.82, 2.24) is 4.98 Å². The first-order chi connectivity index (χ1) is 7.26. The van der Waals surface area contributed by atoms with E-state index in [1.54, 1.807) is 19.4 Å². The van der Waals surface area contributed by atoms with Crippen molar-refractivity contribution in [2.24, 2.45) is 0 Å². The molecule has 0 bridgehead atoms. The van der Waals surface area contributed by atoms with Crippen LogP contribution in [0.1, 0.15) is 6.42 Å². The van der Waals surface area contributed by atoms with Crippen molar-refractivity contribution >= 4 is 11.7 Å². The van der Waals surface area contributed by atoms with E-state index in [4.69, 9.17) is 4.74 Å². The molecule has 0 aromatic carbocycles. The molecule has 0 spiro atoms. The minimum Gasteiger partial charge on any atom is -0.481 e. The number of aromatic nitrogens is 1. The second-order valence-electron chi connectivity index (χ2n) is 2.84. The highest BCUT2D eigenvalue weighted by atomic mass is 16.5. The Balaban J connectivity index is 2.34. The lowest BCUT2D eigenvalue weighted by atomic mass is 10.3. The van der Waals surface area contributed by atoms with Gasteiger partial charge in [-0.25, -0.2) is 4.98 Å². The summed E-state index contributed by atoms with van der Waals surface area (Å²) in [6.07, 6.45) is 1.98. The normalized spacial score (nSPS) is 9.47. The van der Waals surface area contributed by atoms with Crippen LogP contribution in [0.25, 0.3) is 0 Å². The van der Waals surface area contributed by atoms with E-state index in [2.05, 4.69) is 15.0 Å². The van der Waals surface area contributed by atoms with Crippen LogP contribution in [0, 0.1) is 0 Å². The fraction of sp³-hybridized carbons (Fsp3) is 0.400. The van der Waals surface area contributed by atoms with Gasteiger partial charge >= 0.3 is 5.97 Å². The van der Waals surface area contributed by atoms with E-state index in [1.165, 1.54) is 7.11 Å². The molecule has 0 atom stereocenters. The quantitative estimate of drug-likeness (QED) is 0.736. The van der Waals surface area contributed by atoms with Crippen LogP contribution in [0.3, 0.4) is 0 Å². The number of hydrogen-bond donors (Lipinski definition) is 1. The van der Waals surface area contributed by atoms with Gasteiger partial charge in [-0.3, -0.25) is 4.79 Å². The van der Waals surface area contributed by atoms with Crippen LogP contribution in [0.4, 0.5) is 5.69 Å². The Hall–Kier alpha value is -1.78. The lowest BCUT2D eigenvalue weighted by Gasteiger charge is -2.05. The van der Waals surface area contributed by atoms with Gasteiger partial charge in [-0.05, 0) is 6.07 Å². The van der Waals surface area contributed by atoms with Crippen LogP contribution in [0.2, 0.25) is 0 Å². The molecule has 0 saturated carbocycles. The van der Waals surface area contributed by atoms with Crippen molar-refractivity contribution in [3.05, 3.63) is 18.3 Å². The zero-order chi connectivity index (χ0) is 11.1. The maximum atomic E-state index is 10.8. The first-order valence-corrected chi connectivity index (χ1v) is 4.57. The molecule has 0 aliphatic heterocycles. The number of hydrogen-bond acceptors (Lipinski definition) is 5. The number of nitrogens with zero attached hydrogens (tertiary/aromatic N) is 1. The summed E-state index contributed by atoms with van der Waals surface area (Å²) in [5, 5.41) is 3.04. The van der Waals surface area contributed by atoms with Gasteiger partial charge in [-0.15, -0.1) is 0 Å². The monoisotopic (exact) mass is 210 g/mol. The van der Waals surface area contributed by atoms with E-state index in [0.29, 0.717) is 18.8 Å². The van der Waals surface area contributed by atoms with Gasteiger partial charge in [0, 0.05) is 12.6 Å². The molecule has 1 N–H and O–H groups in total. The lowest BCUT2D eigenvalue weighted by molar-refractivity contribution is -0.140. The maximum Gasteiger partial charge on any atom is 0.307 e. The number of pyridine rings is 1. The molecule has 0 radical (unpaired) electrons. The first kappa shape index (κ1) is 11.3. The van der Waals surface area contributed by atoms with Crippen molar-refractivity contribution < 1.29 is 14.3 Å². The second kappa shape index (κ2) is 5.85. The molecular weight excluding hydrogens is 196 g/mol. The number of rotatable bonds is 5. The van der Waals surface area contributed by atoms with E-state index >= 15 is 0 Å². The van der Waals surface area contributed by atoms with Crippen LogP contribution in [0.5, 0.6) is 5.88 Å². The summed E-state index contributed by atoms with van der Waals surface area (Å²) >= 11 is 0. The molecule has 0 fully saturated rings. The third-order valence-electron chi connectivity index (χ3n) is 1.83. The molecule has 1 aromatic rings. The minimum absolute atomic E-state index is 0.232. The summed E-state index contributed by atoms with van der Waals surface area (Å²) in [5.41, 5.74) is 0.847. The van der Waals surface area contributed by atoms with E-state index < -0.39 is 0 Å². The van der Waals surface area contributed by atoms with Crippen LogP contribution >= 0.6 is 0 Å². The molecular formula is C10H14N2O3. The number of carbonyl (C=O) groups is 1. The van der Waals surface area contributed by atoms with Crippen molar-refractivity contribution in [3.63, 3.8) is 0 Å². The van der Waals surface area contributed by atoms with Crippen LogP contribution in [-0.4, -0.2) is 31.7 Å². The highest BCUT2D eigenvalue weighted by molar-refractivity contribution is 5.69. The zero-order valence-corrected chi connectivity index (χ0v) is 8.82. The maximum absolute atomic E-state index is 10.8. The van der Waals surface area contributed by atoms with Gasteiger partial charge in [0.2, 0.25) is 5.88 Å². The predicted octanol–water partition coefficient (Wildman–Crippen LogP) is 1.07. The Morgan fingerprint density at radius 2 is 2.27 bits per heavy atom. The van der Waals surface area contributed by atoms with E-state index in [1.807, 2.05) is 6.07 Å². The van der Waals surface area contributed by atoms with Gasteiger partial charge < -0.3 is 14.8 Å². The summed E-state index contributed by atoms with van der Waals surface area (Å²) in [5.74, 6) is 0.331. The average Bonchev–Trinajstić information content (AvgIpc) is 2.29. The highest BCUT2D eigenvalue weighted by Gasteiger charge is 1.99. The molecule has 0 saturated heterocycles. The van der Waals surface area contributed by atoms with Gasteiger partial charge in [0.05, 0.1) is 32.5 Å². The molecule has 1 aromatic heterocycles. The fourth-order valence-electron chi connectivity index (χ4n) is 1.02. The van der Waals surface area contributed by atoms with Crippen LogP contribution < -0.4 is 10.1 Å². The number of carbonyl (C=O) groups excluding carboxylic acids is 1. The highest BCUT2D eigenvalue weighted by Crippen LogP contribution is 2.10. The summed E-state index contributed by atoms with van der Waals surface area (Å²) in [7, 11) is 2.93. The Morgan fingerprint density at radius 3 is 2.80 bits per heavy atom. The molecule has 0 aliphatic rings. The second-order valence-corrected chi connectivity index (χ2v) is 2.84. The summed E-state index contributed by atoms with van der Waals surface area (Å²) in [6, 6.07) is 3.59. The topological polar surface area (TPSA) is 60.5 Å². The van der Waals surface area contributed by atoms with Gasteiger partial charge in [-0.2, -0.15) is 0 Å². The zero-order valence-electron chi connectivity index (χ0n) is 8.82. The minimum atomic E-state index is -0.232. The molecule has 1 rings (SSSR count). The summed E-state index contributed by atoms with van der Waals surface area (Å²) < 4.78 is 9.43. The number of methoxy groups -OCH3 is 2. The summed E-state index contributed by atoms with van der Waals surface area (Å²) in [6.45, 7) is 0.528. The largest absolute Gasteiger partial charge is 0.481 e. The molecule has 15 heavy (non-hydrogen) atoms. The van der Waals surface area contributed by atoms with E-state index in [9.17, 15) is 4.79 Å². The molecule has 5 heteroatoms. The Labute approximate surface area is 88.4 Å². The average molecular weight is 210 g/mol. The van der Waals surface area contributed by atoms with Crippen LogP contribution in [-0.2, 0) is 9.53 Å². The van der Waals surface area contributed by atoms with Gasteiger partial charge in [0.25, 0.3) is 0 Å². The third kappa shape index (κ3) is 3.84. The smallest absolute Gasteiger partial charge is 0.307 e. The third-order valence-corrected chi connectivity index (χ3v) is 1.83. The Morgan fingerprint density at radius 1 is 1.47 bits per heavy atom. The van der Waals surface area contributed by atoms with E-state index in [0.717, 1.165) is 5.69 Å². The standard InChI is InChI=1S/C10H14N2O3/c1-14-9-4-3-8(7-12-9)11-6-5-10(13)15-2/h3-4,7,11H,5-6H2,1-2H3. The molecule has 0 aliphatic carbocycles. The van der Waals surface area contributed by atoms with E-state index in [-0.39, 0.29) is 5.97 Å². The molecule has 0 unspecified atom stereocenters. The van der Waals surface area contributed by atoms with Crippen molar-refractivity contribution in [2.45, 2.75) is 6.42 Å². The predicted molar refractivity (Wildman–Crippen MR) is 55.9 cm³/mol. The SMILES string of the molecule is COC(=O)CCNc1ccc(OC)nc1. The fourth-order valence-corrected chi connectivity index (χ4v) is 1.02. The molecule has 0 amide bonds. The van der Waals surface area contributed by atoms with Gasteiger partial charge in [0.1, 0.15) is 0 Å². The lowest BCUT2D eigenvalue weighted by Crippen LogP contribution is -2.09. The van der Waals surface area contributed by atoms with Gasteiger partial charge in [-0.1, -0.05) is 0 Å². The number of anilines is 1.